The molecule has 0 saturated carbocycles. The molecule has 0 radical (unpaired) electrons. The van der Waals surface area contributed by atoms with E-state index in [2.05, 4.69) is 27.2 Å². The lowest BCUT2D eigenvalue weighted by Gasteiger charge is -2.37. The molecule has 5 heteroatoms. The Bertz CT molecular complexity index is 637. The second kappa shape index (κ2) is 7.64. The monoisotopic (exact) mass is 329 g/mol. The lowest BCUT2D eigenvalue weighted by molar-refractivity contribution is 0.178. The van der Waals surface area contributed by atoms with E-state index in [1.54, 1.807) is 0 Å². The van der Waals surface area contributed by atoms with Crippen molar-refractivity contribution in [2.45, 2.75) is 6.10 Å². The van der Waals surface area contributed by atoms with Gasteiger partial charge in [0.2, 0.25) is 0 Å². The number of rotatable bonds is 5. The van der Waals surface area contributed by atoms with Crippen LogP contribution >= 0.6 is 0 Å². The second-order valence-corrected chi connectivity index (χ2v) is 6.12. The smallest absolute Gasteiger partial charge is 0.123 e. The molecule has 1 atom stereocenters. The standard InChI is InChI=1S/C19H24FN3O/c1-21-14-19(24)15-2-6-17(7-3-15)22-10-12-23(13-11-22)18-8-4-16(20)5-9-18/h2-9,19,21,24H,10-14H2,1H3. The fourth-order valence-corrected chi connectivity index (χ4v) is 3.09. The van der Waals surface area contributed by atoms with Crippen LogP contribution in [0.4, 0.5) is 15.8 Å². The van der Waals surface area contributed by atoms with E-state index in [9.17, 15) is 9.50 Å². The highest BCUT2D eigenvalue weighted by atomic mass is 19.1. The Balaban J connectivity index is 1.59. The first-order valence-electron chi connectivity index (χ1n) is 8.35. The summed E-state index contributed by atoms with van der Waals surface area (Å²) < 4.78 is 13.0. The summed E-state index contributed by atoms with van der Waals surface area (Å²) in [6.45, 7) is 4.23. The van der Waals surface area contributed by atoms with Gasteiger partial charge in [-0.15, -0.1) is 0 Å². The van der Waals surface area contributed by atoms with Gasteiger partial charge in [-0.25, -0.2) is 4.39 Å². The van der Waals surface area contributed by atoms with Gasteiger partial charge in [0.15, 0.2) is 0 Å². The molecule has 128 valence electrons. The number of aliphatic hydroxyl groups excluding tert-OH is 1. The van der Waals surface area contributed by atoms with Crippen LogP contribution in [-0.2, 0) is 0 Å². The Labute approximate surface area is 142 Å². The molecule has 0 aromatic heterocycles. The van der Waals surface area contributed by atoms with Crippen molar-refractivity contribution in [2.75, 3.05) is 49.6 Å². The van der Waals surface area contributed by atoms with Gasteiger partial charge in [0.25, 0.3) is 0 Å². The van der Waals surface area contributed by atoms with Gasteiger partial charge in [-0.05, 0) is 49.0 Å². The number of anilines is 2. The van der Waals surface area contributed by atoms with Crippen LogP contribution in [0, 0.1) is 5.82 Å². The maximum absolute atomic E-state index is 13.0. The van der Waals surface area contributed by atoms with Gasteiger partial charge in [-0.3, -0.25) is 0 Å². The number of piperazine rings is 1. The molecule has 1 heterocycles. The Morgan fingerprint density at radius 3 is 1.83 bits per heavy atom. The molecule has 2 aromatic rings. The fraction of sp³-hybridized carbons (Fsp3) is 0.368. The van der Waals surface area contributed by atoms with Crippen molar-refractivity contribution in [2.24, 2.45) is 0 Å². The molecule has 24 heavy (non-hydrogen) atoms. The predicted octanol–water partition coefficient (Wildman–Crippen LogP) is 2.41. The molecule has 1 saturated heterocycles. The highest BCUT2D eigenvalue weighted by Crippen LogP contribution is 2.22. The van der Waals surface area contributed by atoms with Crippen molar-refractivity contribution < 1.29 is 9.50 Å². The van der Waals surface area contributed by atoms with Crippen LogP contribution in [-0.4, -0.2) is 44.9 Å². The number of halogens is 1. The van der Waals surface area contributed by atoms with Crippen molar-refractivity contribution in [3.63, 3.8) is 0 Å². The molecule has 0 aliphatic carbocycles. The van der Waals surface area contributed by atoms with Gasteiger partial charge < -0.3 is 20.2 Å². The van der Waals surface area contributed by atoms with Crippen LogP contribution < -0.4 is 15.1 Å². The maximum atomic E-state index is 13.0. The maximum Gasteiger partial charge on any atom is 0.123 e. The molecular weight excluding hydrogens is 305 g/mol. The number of nitrogens with one attached hydrogen (secondary N) is 1. The normalized spacial score (nSPS) is 16.3. The summed E-state index contributed by atoms with van der Waals surface area (Å²) in [5.74, 6) is -0.196. The minimum Gasteiger partial charge on any atom is -0.387 e. The first-order chi connectivity index (χ1) is 11.7. The average Bonchev–Trinajstić information content (AvgIpc) is 2.63. The summed E-state index contributed by atoms with van der Waals surface area (Å²) in [6, 6.07) is 14.8. The average molecular weight is 329 g/mol. The summed E-state index contributed by atoms with van der Waals surface area (Å²) in [5.41, 5.74) is 3.17. The molecular formula is C19H24FN3O. The first kappa shape index (κ1) is 16.7. The molecule has 0 spiro atoms. The number of nitrogens with zero attached hydrogens (tertiary/aromatic N) is 2. The number of hydrogen-bond donors (Lipinski definition) is 2. The summed E-state index contributed by atoms with van der Waals surface area (Å²) in [6.07, 6.45) is -0.473. The zero-order valence-electron chi connectivity index (χ0n) is 14.0. The summed E-state index contributed by atoms with van der Waals surface area (Å²) >= 11 is 0. The van der Waals surface area contributed by atoms with E-state index in [0.717, 1.165) is 37.4 Å². The molecule has 1 aliphatic heterocycles. The van der Waals surface area contributed by atoms with Crippen molar-refractivity contribution >= 4 is 11.4 Å². The number of benzene rings is 2. The summed E-state index contributed by atoms with van der Waals surface area (Å²) in [7, 11) is 1.83. The zero-order valence-corrected chi connectivity index (χ0v) is 14.0. The lowest BCUT2D eigenvalue weighted by atomic mass is 10.1. The molecule has 1 fully saturated rings. The number of hydrogen-bond acceptors (Lipinski definition) is 4. The van der Waals surface area contributed by atoms with E-state index in [1.807, 2.05) is 31.3 Å². The van der Waals surface area contributed by atoms with Crippen LogP contribution in [0.2, 0.25) is 0 Å². The fourth-order valence-electron chi connectivity index (χ4n) is 3.09. The molecule has 0 amide bonds. The third kappa shape index (κ3) is 3.86. The molecule has 3 rings (SSSR count). The molecule has 2 N–H and O–H groups in total. The summed E-state index contributed by atoms with van der Waals surface area (Å²) in [5, 5.41) is 13.0. The molecule has 0 bridgehead atoms. The van der Waals surface area contributed by atoms with E-state index >= 15 is 0 Å². The Morgan fingerprint density at radius 2 is 1.38 bits per heavy atom. The Kier molecular flexibility index (Phi) is 5.33. The van der Waals surface area contributed by atoms with Crippen LogP contribution in [0.3, 0.4) is 0 Å². The number of likely N-dealkylation sites (N-methyl/N-ethyl adjacent to an activating group) is 1. The van der Waals surface area contributed by atoms with Crippen LogP contribution in [0.15, 0.2) is 48.5 Å². The van der Waals surface area contributed by atoms with Gasteiger partial charge in [0, 0.05) is 44.1 Å². The lowest BCUT2D eigenvalue weighted by Crippen LogP contribution is -2.46. The quantitative estimate of drug-likeness (QED) is 0.884. The van der Waals surface area contributed by atoms with Gasteiger partial charge in [-0.2, -0.15) is 0 Å². The minimum atomic E-state index is -0.473. The zero-order chi connectivity index (χ0) is 16.9. The Hall–Kier alpha value is -2.11. The predicted molar refractivity (Wildman–Crippen MR) is 96.2 cm³/mol. The van der Waals surface area contributed by atoms with Crippen LogP contribution in [0.25, 0.3) is 0 Å². The summed E-state index contributed by atoms with van der Waals surface area (Å²) in [4.78, 5) is 4.62. The van der Waals surface area contributed by atoms with E-state index in [1.165, 1.54) is 17.8 Å². The largest absolute Gasteiger partial charge is 0.387 e. The van der Waals surface area contributed by atoms with Crippen molar-refractivity contribution in [1.82, 2.24) is 5.32 Å². The molecule has 1 aliphatic rings. The third-order valence-electron chi connectivity index (χ3n) is 4.51. The topological polar surface area (TPSA) is 38.7 Å². The van der Waals surface area contributed by atoms with Gasteiger partial charge in [0.1, 0.15) is 5.82 Å². The van der Waals surface area contributed by atoms with Gasteiger partial charge in [0.05, 0.1) is 6.10 Å². The SMILES string of the molecule is CNCC(O)c1ccc(N2CCN(c3ccc(F)cc3)CC2)cc1. The van der Waals surface area contributed by atoms with Crippen molar-refractivity contribution in [3.05, 3.63) is 59.9 Å². The highest BCUT2D eigenvalue weighted by molar-refractivity contribution is 5.52. The Morgan fingerprint density at radius 1 is 0.917 bits per heavy atom. The number of aliphatic hydroxyl groups is 1. The second-order valence-electron chi connectivity index (χ2n) is 6.12. The van der Waals surface area contributed by atoms with E-state index in [-0.39, 0.29) is 5.82 Å². The molecule has 2 aromatic carbocycles. The van der Waals surface area contributed by atoms with Crippen molar-refractivity contribution in [1.29, 1.82) is 0 Å². The molecule has 4 nitrogen and oxygen atoms in total. The van der Waals surface area contributed by atoms with E-state index in [0.29, 0.717) is 6.54 Å². The van der Waals surface area contributed by atoms with Gasteiger partial charge in [-0.1, -0.05) is 12.1 Å². The first-order valence-corrected chi connectivity index (χ1v) is 8.35. The third-order valence-corrected chi connectivity index (χ3v) is 4.51. The molecule has 1 unspecified atom stereocenters. The van der Waals surface area contributed by atoms with Gasteiger partial charge >= 0.3 is 0 Å². The van der Waals surface area contributed by atoms with E-state index < -0.39 is 6.10 Å². The highest BCUT2D eigenvalue weighted by Gasteiger charge is 2.18. The van der Waals surface area contributed by atoms with Crippen LogP contribution in [0.1, 0.15) is 11.7 Å². The van der Waals surface area contributed by atoms with E-state index in [4.69, 9.17) is 0 Å². The van der Waals surface area contributed by atoms with Crippen molar-refractivity contribution in [3.8, 4) is 0 Å². The minimum absolute atomic E-state index is 0.196. The van der Waals surface area contributed by atoms with Crippen LogP contribution in [0.5, 0.6) is 0 Å².